The molecule has 106 valence electrons. The first-order valence-electron chi connectivity index (χ1n) is 6.53. The van der Waals surface area contributed by atoms with Gasteiger partial charge in [-0.15, -0.1) is 0 Å². The average molecular weight is 273 g/mol. The van der Waals surface area contributed by atoms with Crippen molar-refractivity contribution in [1.29, 1.82) is 0 Å². The lowest BCUT2D eigenvalue weighted by molar-refractivity contribution is 0.369. The van der Waals surface area contributed by atoms with E-state index >= 15 is 0 Å². The highest BCUT2D eigenvalue weighted by molar-refractivity contribution is 5.56. The number of benzene rings is 1. The molecule has 1 heterocycles. The van der Waals surface area contributed by atoms with Gasteiger partial charge in [-0.05, 0) is 44.0 Å². The van der Waals surface area contributed by atoms with Gasteiger partial charge in [-0.25, -0.2) is 4.98 Å². The molecule has 0 radical (unpaired) electrons. The number of rotatable bonds is 5. The monoisotopic (exact) mass is 273 g/mol. The summed E-state index contributed by atoms with van der Waals surface area (Å²) in [6.07, 6.45) is 1.46. The Kier molecular flexibility index (Phi) is 4.40. The lowest BCUT2D eigenvalue weighted by Gasteiger charge is -2.13. The summed E-state index contributed by atoms with van der Waals surface area (Å²) in [7, 11) is 1.58. The second-order valence-electron chi connectivity index (χ2n) is 4.52. The summed E-state index contributed by atoms with van der Waals surface area (Å²) in [5.41, 5.74) is 2.28. The van der Waals surface area contributed by atoms with Crippen LogP contribution in [0, 0.1) is 13.8 Å². The molecule has 0 aliphatic carbocycles. The van der Waals surface area contributed by atoms with Crippen LogP contribution in [0.4, 0.5) is 5.82 Å². The van der Waals surface area contributed by atoms with Crippen LogP contribution >= 0.6 is 0 Å². The third-order valence-corrected chi connectivity index (χ3v) is 2.73. The Hall–Kier alpha value is -2.30. The number of hydrogen-bond acceptors (Lipinski definition) is 5. The van der Waals surface area contributed by atoms with Crippen molar-refractivity contribution in [2.75, 3.05) is 19.0 Å². The molecular formula is C15H19N3O2. The highest BCUT2D eigenvalue weighted by Gasteiger charge is 2.14. The molecule has 20 heavy (non-hydrogen) atoms. The molecule has 0 aliphatic heterocycles. The van der Waals surface area contributed by atoms with Crippen LogP contribution in [0.15, 0.2) is 24.5 Å². The summed E-state index contributed by atoms with van der Waals surface area (Å²) in [5, 5.41) is 3.12. The van der Waals surface area contributed by atoms with Crippen LogP contribution in [-0.4, -0.2) is 23.6 Å². The molecule has 1 aromatic heterocycles. The number of methoxy groups -OCH3 is 1. The molecule has 1 aromatic carbocycles. The Balaban J connectivity index is 2.35. The van der Waals surface area contributed by atoms with Crippen molar-refractivity contribution in [3.05, 3.63) is 35.7 Å². The van der Waals surface area contributed by atoms with Crippen molar-refractivity contribution in [3.63, 3.8) is 0 Å². The minimum absolute atomic E-state index is 0.406. The van der Waals surface area contributed by atoms with Gasteiger partial charge < -0.3 is 14.8 Å². The van der Waals surface area contributed by atoms with Crippen molar-refractivity contribution in [2.24, 2.45) is 0 Å². The Morgan fingerprint density at radius 3 is 2.40 bits per heavy atom. The van der Waals surface area contributed by atoms with Crippen molar-refractivity contribution < 1.29 is 9.47 Å². The summed E-state index contributed by atoms with van der Waals surface area (Å²) in [4.78, 5) is 8.30. The predicted molar refractivity (Wildman–Crippen MR) is 78.7 cm³/mol. The van der Waals surface area contributed by atoms with Gasteiger partial charge in [0.25, 0.3) is 5.88 Å². The van der Waals surface area contributed by atoms with Gasteiger partial charge in [-0.1, -0.05) is 6.07 Å². The summed E-state index contributed by atoms with van der Waals surface area (Å²) in [6, 6.07) is 6.01. The van der Waals surface area contributed by atoms with Gasteiger partial charge in [0.2, 0.25) is 5.75 Å². The smallest absolute Gasteiger partial charge is 0.268 e. The molecular weight excluding hydrogens is 254 g/mol. The van der Waals surface area contributed by atoms with Crippen LogP contribution in [0.3, 0.4) is 0 Å². The average Bonchev–Trinajstić information content (AvgIpc) is 2.38. The second kappa shape index (κ2) is 6.23. The molecule has 2 rings (SSSR count). The molecule has 0 saturated heterocycles. The van der Waals surface area contributed by atoms with E-state index in [1.165, 1.54) is 6.33 Å². The minimum Gasteiger partial charge on any atom is -0.489 e. The van der Waals surface area contributed by atoms with Crippen LogP contribution in [0.25, 0.3) is 0 Å². The van der Waals surface area contributed by atoms with Gasteiger partial charge in [-0.3, -0.25) is 0 Å². The number of nitrogens with one attached hydrogen (secondary N) is 1. The summed E-state index contributed by atoms with van der Waals surface area (Å²) < 4.78 is 11.2. The Morgan fingerprint density at radius 2 is 1.80 bits per heavy atom. The molecule has 0 saturated carbocycles. The first-order valence-corrected chi connectivity index (χ1v) is 6.53. The molecule has 0 fully saturated rings. The largest absolute Gasteiger partial charge is 0.489 e. The van der Waals surface area contributed by atoms with Crippen LogP contribution in [-0.2, 0) is 0 Å². The SMILES string of the molecule is CCNc1ncnc(Oc2cc(C)cc(C)c2)c1OC. The molecule has 5 nitrogen and oxygen atoms in total. The topological polar surface area (TPSA) is 56.3 Å². The summed E-state index contributed by atoms with van der Waals surface area (Å²) >= 11 is 0. The molecule has 0 unspecified atom stereocenters. The lowest BCUT2D eigenvalue weighted by atomic mass is 10.1. The van der Waals surface area contributed by atoms with E-state index in [-0.39, 0.29) is 0 Å². The fourth-order valence-electron chi connectivity index (χ4n) is 2.01. The van der Waals surface area contributed by atoms with Gasteiger partial charge >= 0.3 is 0 Å². The van der Waals surface area contributed by atoms with Crippen molar-refractivity contribution in [3.8, 4) is 17.4 Å². The molecule has 0 spiro atoms. The normalized spacial score (nSPS) is 10.2. The lowest BCUT2D eigenvalue weighted by Crippen LogP contribution is -2.04. The molecule has 1 N–H and O–H groups in total. The Morgan fingerprint density at radius 1 is 1.10 bits per heavy atom. The van der Waals surface area contributed by atoms with E-state index < -0.39 is 0 Å². The number of nitrogens with zero attached hydrogens (tertiary/aromatic N) is 2. The van der Waals surface area contributed by atoms with Crippen molar-refractivity contribution >= 4 is 5.82 Å². The van der Waals surface area contributed by atoms with Crippen LogP contribution in [0.5, 0.6) is 17.4 Å². The third-order valence-electron chi connectivity index (χ3n) is 2.73. The van der Waals surface area contributed by atoms with E-state index in [4.69, 9.17) is 9.47 Å². The third kappa shape index (κ3) is 3.17. The fraction of sp³-hybridized carbons (Fsp3) is 0.333. The first kappa shape index (κ1) is 14.1. The number of aromatic nitrogens is 2. The minimum atomic E-state index is 0.406. The van der Waals surface area contributed by atoms with E-state index in [9.17, 15) is 0 Å². The highest BCUT2D eigenvalue weighted by Crippen LogP contribution is 2.34. The fourth-order valence-corrected chi connectivity index (χ4v) is 2.01. The zero-order valence-corrected chi connectivity index (χ0v) is 12.2. The van der Waals surface area contributed by atoms with E-state index in [0.717, 1.165) is 23.4 Å². The standard InChI is InChI=1S/C15H19N3O2/c1-5-16-14-13(19-4)15(18-9-17-14)20-12-7-10(2)6-11(3)8-12/h6-9H,5H2,1-4H3,(H,16,17,18). The number of ether oxygens (including phenoxy) is 2. The Labute approximate surface area is 119 Å². The van der Waals surface area contributed by atoms with Gasteiger partial charge in [-0.2, -0.15) is 4.98 Å². The molecule has 2 aromatic rings. The molecule has 0 amide bonds. The van der Waals surface area contributed by atoms with Gasteiger partial charge in [0.15, 0.2) is 5.82 Å². The maximum absolute atomic E-state index is 5.83. The molecule has 5 heteroatoms. The second-order valence-corrected chi connectivity index (χ2v) is 4.52. The zero-order chi connectivity index (χ0) is 14.5. The van der Waals surface area contributed by atoms with Crippen LogP contribution in [0.1, 0.15) is 18.1 Å². The quantitative estimate of drug-likeness (QED) is 0.905. The summed E-state index contributed by atoms with van der Waals surface area (Å²) in [5.74, 6) is 2.28. The van der Waals surface area contributed by atoms with E-state index in [0.29, 0.717) is 17.4 Å². The zero-order valence-electron chi connectivity index (χ0n) is 12.2. The number of aryl methyl sites for hydroxylation is 2. The Bertz CT molecular complexity index is 579. The van der Waals surface area contributed by atoms with Gasteiger partial charge in [0, 0.05) is 6.54 Å². The van der Waals surface area contributed by atoms with E-state index in [1.807, 2.05) is 32.9 Å². The number of anilines is 1. The number of hydrogen-bond donors (Lipinski definition) is 1. The van der Waals surface area contributed by atoms with Crippen LogP contribution < -0.4 is 14.8 Å². The van der Waals surface area contributed by atoms with Crippen molar-refractivity contribution in [1.82, 2.24) is 9.97 Å². The summed E-state index contributed by atoms with van der Waals surface area (Å²) in [6.45, 7) is 6.80. The van der Waals surface area contributed by atoms with Crippen molar-refractivity contribution in [2.45, 2.75) is 20.8 Å². The predicted octanol–water partition coefficient (Wildman–Crippen LogP) is 3.33. The van der Waals surface area contributed by atoms with E-state index in [2.05, 4.69) is 21.4 Å². The maximum Gasteiger partial charge on any atom is 0.268 e. The molecule has 0 atom stereocenters. The van der Waals surface area contributed by atoms with Gasteiger partial charge in [0.05, 0.1) is 7.11 Å². The van der Waals surface area contributed by atoms with E-state index in [1.54, 1.807) is 7.11 Å². The first-order chi connectivity index (χ1) is 9.63. The molecule has 0 bridgehead atoms. The maximum atomic E-state index is 5.83. The van der Waals surface area contributed by atoms with Crippen LogP contribution in [0.2, 0.25) is 0 Å². The highest BCUT2D eigenvalue weighted by atomic mass is 16.5. The molecule has 0 aliphatic rings. The van der Waals surface area contributed by atoms with Gasteiger partial charge in [0.1, 0.15) is 12.1 Å².